The largest absolute Gasteiger partial charge is 0.338 e. The fourth-order valence-corrected chi connectivity index (χ4v) is 3.29. The van der Waals surface area contributed by atoms with E-state index in [0.717, 1.165) is 22.6 Å². The van der Waals surface area contributed by atoms with Crippen molar-refractivity contribution in [3.05, 3.63) is 120 Å². The molecule has 4 rings (SSSR count). The van der Waals surface area contributed by atoms with Crippen LogP contribution < -0.4 is 5.32 Å². The van der Waals surface area contributed by atoms with Gasteiger partial charge in [-0.25, -0.2) is 4.98 Å². The predicted octanol–water partition coefficient (Wildman–Crippen LogP) is 4.81. The standard InChI is InChI=1S/C22H19N3/c1-4-10-18(11-5-1)22(19-12-6-2-7-13-19,20-14-8-3-9-15-20)25-21-23-16-17-24-21/h1-17H,(H2,23,24,25). The number of nitrogens with one attached hydrogen (secondary N) is 2. The van der Waals surface area contributed by atoms with Gasteiger partial charge in [0.25, 0.3) is 0 Å². The number of benzene rings is 3. The number of hydrogen-bond acceptors (Lipinski definition) is 2. The minimum Gasteiger partial charge on any atom is -0.338 e. The molecule has 0 amide bonds. The van der Waals surface area contributed by atoms with Gasteiger partial charge in [0, 0.05) is 12.4 Å². The summed E-state index contributed by atoms with van der Waals surface area (Å²) in [6, 6.07) is 31.4. The molecule has 0 atom stereocenters. The van der Waals surface area contributed by atoms with Crippen molar-refractivity contribution in [1.82, 2.24) is 9.97 Å². The minimum absolute atomic E-state index is 0.540. The lowest BCUT2D eigenvalue weighted by atomic mass is 9.77. The van der Waals surface area contributed by atoms with E-state index in [0.29, 0.717) is 0 Å². The van der Waals surface area contributed by atoms with Crippen molar-refractivity contribution in [2.75, 3.05) is 5.32 Å². The van der Waals surface area contributed by atoms with Crippen LogP contribution in [-0.2, 0) is 5.54 Å². The molecule has 0 aliphatic rings. The van der Waals surface area contributed by atoms with Gasteiger partial charge in [-0.2, -0.15) is 0 Å². The van der Waals surface area contributed by atoms with Crippen molar-refractivity contribution in [2.45, 2.75) is 5.54 Å². The topological polar surface area (TPSA) is 40.7 Å². The summed E-state index contributed by atoms with van der Waals surface area (Å²) in [5.41, 5.74) is 2.93. The number of imidazole rings is 1. The maximum atomic E-state index is 4.41. The van der Waals surface area contributed by atoms with Gasteiger partial charge in [0.2, 0.25) is 5.95 Å². The van der Waals surface area contributed by atoms with Gasteiger partial charge in [-0.15, -0.1) is 0 Å². The summed E-state index contributed by atoms with van der Waals surface area (Å²) in [5.74, 6) is 0.733. The van der Waals surface area contributed by atoms with Crippen LogP contribution in [0.3, 0.4) is 0 Å². The third-order valence-corrected chi connectivity index (χ3v) is 4.42. The average Bonchev–Trinajstić information content (AvgIpc) is 3.21. The molecule has 4 aromatic rings. The number of hydrogen-bond donors (Lipinski definition) is 2. The van der Waals surface area contributed by atoms with Crippen LogP contribution in [-0.4, -0.2) is 9.97 Å². The van der Waals surface area contributed by atoms with Gasteiger partial charge in [0.15, 0.2) is 0 Å². The summed E-state index contributed by atoms with van der Waals surface area (Å²) in [4.78, 5) is 7.59. The third kappa shape index (κ3) is 2.81. The normalized spacial score (nSPS) is 11.2. The Balaban J connectivity index is 2.01. The van der Waals surface area contributed by atoms with E-state index in [-0.39, 0.29) is 0 Å². The summed E-state index contributed by atoms with van der Waals surface area (Å²) in [6.07, 6.45) is 3.59. The molecule has 0 fully saturated rings. The second kappa shape index (κ2) is 6.65. The van der Waals surface area contributed by atoms with Gasteiger partial charge >= 0.3 is 0 Å². The van der Waals surface area contributed by atoms with E-state index in [4.69, 9.17) is 0 Å². The van der Waals surface area contributed by atoms with E-state index < -0.39 is 5.54 Å². The first-order valence-electron chi connectivity index (χ1n) is 8.34. The van der Waals surface area contributed by atoms with E-state index >= 15 is 0 Å². The Bertz CT molecular complexity index is 805. The molecule has 0 aliphatic carbocycles. The lowest BCUT2D eigenvalue weighted by Crippen LogP contribution is -2.38. The van der Waals surface area contributed by atoms with Crippen LogP contribution in [0.1, 0.15) is 16.7 Å². The van der Waals surface area contributed by atoms with E-state index in [9.17, 15) is 0 Å². The number of rotatable bonds is 5. The number of aromatic nitrogens is 2. The van der Waals surface area contributed by atoms with Crippen LogP contribution in [0, 0.1) is 0 Å². The molecular formula is C22H19N3. The molecular weight excluding hydrogens is 306 g/mol. The Hall–Kier alpha value is -3.33. The van der Waals surface area contributed by atoms with Crippen molar-refractivity contribution < 1.29 is 0 Å². The van der Waals surface area contributed by atoms with Gasteiger partial charge in [-0.05, 0) is 16.7 Å². The molecule has 0 saturated carbocycles. The molecule has 2 N–H and O–H groups in total. The van der Waals surface area contributed by atoms with Crippen LogP contribution in [0.2, 0.25) is 0 Å². The zero-order chi connectivity index (χ0) is 17.0. The van der Waals surface area contributed by atoms with Gasteiger partial charge in [-0.3, -0.25) is 0 Å². The van der Waals surface area contributed by atoms with Gasteiger partial charge < -0.3 is 10.3 Å². The Morgan fingerprint density at radius 3 is 1.44 bits per heavy atom. The first kappa shape index (κ1) is 15.2. The molecule has 0 radical (unpaired) electrons. The number of H-pyrrole nitrogens is 1. The highest BCUT2D eigenvalue weighted by Crippen LogP contribution is 2.39. The first-order chi connectivity index (χ1) is 12.4. The second-order valence-electron chi connectivity index (χ2n) is 5.91. The average molecular weight is 325 g/mol. The Kier molecular flexibility index (Phi) is 4.05. The molecule has 0 saturated heterocycles. The van der Waals surface area contributed by atoms with Crippen molar-refractivity contribution in [2.24, 2.45) is 0 Å². The molecule has 1 heterocycles. The maximum absolute atomic E-state index is 4.41. The Morgan fingerprint density at radius 1 is 0.640 bits per heavy atom. The zero-order valence-corrected chi connectivity index (χ0v) is 13.8. The predicted molar refractivity (Wildman–Crippen MR) is 101 cm³/mol. The summed E-state index contributed by atoms with van der Waals surface area (Å²) in [5, 5.41) is 3.65. The quantitative estimate of drug-likeness (QED) is 0.517. The van der Waals surface area contributed by atoms with Crippen LogP contribution in [0.25, 0.3) is 0 Å². The SMILES string of the molecule is c1ccc(C(Nc2ncc[nH]2)(c2ccccc2)c2ccccc2)cc1. The smallest absolute Gasteiger partial charge is 0.201 e. The van der Waals surface area contributed by atoms with Gasteiger partial charge in [-0.1, -0.05) is 91.0 Å². The molecule has 25 heavy (non-hydrogen) atoms. The molecule has 0 bridgehead atoms. The highest BCUT2D eigenvalue weighted by Gasteiger charge is 2.36. The maximum Gasteiger partial charge on any atom is 0.201 e. The zero-order valence-electron chi connectivity index (χ0n) is 13.8. The molecule has 3 aromatic carbocycles. The van der Waals surface area contributed by atoms with Crippen molar-refractivity contribution >= 4 is 5.95 Å². The van der Waals surface area contributed by atoms with E-state index in [2.05, 4.69) is 88.1 Å². The van der Waals surface area contributed by atoms with Gasteiger partial charge in [0.05, 0.1) is 0 Å². The van der Waals surface area contributed by atoms with Crippen LogP contribution in [0.5, 0.6) is 0 Å². The highest BCUT2D eigenvalue weighted by atomic mass is 15.2. The summed E-state index contributed by atoms with van der Waals surface area (Å²) < 4.78 is 0. The molecule has 0 aliphatic heterocycles. The monoisotopic (exact) mass is 325 g/mol. The van der Waals surface area contributed by atoms with E-state index in [1.54, 1.807) is 6.20 Å². The molecule has 122 valence electrons. The van der Waals surface area contributed by atoms with E-state index in [1.807, 2.05) is 24.4 Å². The van der Waals surface area contributed by atoms with Crippen molar-refractivity contribution in [1.29, 1.82) is 0 Å². The van der Waals surface area contributed by atoms with Crippen molar-refractivity contribution in [3.63, 3.8) is 0 Å². The molecule has 0 unspecified atom stereocenters. The Morgan fingerprint density at radius 2 is 1.08 bits per heavy atom. The van der Waals surface area contributed by atoms with Crippen LogP contribution in [0.15, 0.2) is 103 Å². The first-order valence-corrected chi connectivity index (χ1v) is 8.34. The van der Waals surface area contributed by atoms with Gasteiger partial charge in [0.1, 0.15) is 5.54 Å². The molecule has 3 nitrogen and oxygen atoms in total. The number of nitrogens with zero attached hydrogens (tertiary/aromatic N) is 1. The Labute approximate surface area is 147 Å². The third-order valence-electron chi connectivity index (χ3n) is 4.42. The lowest BCUT2D eigenvalue weighted by Gasteiger charge is -2.36. The van der Waals surface area contributed by atoms with Crippen LogP contribution in [0.4, 0.5) is 5.95 Å². The number of aromatic amines is 1. The summed E-state index contributed by atoms with van der Waals surface area (Å²) in [7, 11) is 0. The van der Waals surface area contributed by atoms with Crippen LogP contribution >= 0.6 is 0 Å². The molecule has 0 spiro atoms. The second-order valence-corrected chi connectivity index (χ2v) is 5.91. The summed E-state index contributed by atoms with van der Waals surface area (Å²) >= 11 is 0. The number of anilines is 1. The highest BCUT2D eigenvalue weighted by molar-refractivity contribution is 5.56. The lowest BCUT2D eigenvalue weighted by molar-refractivity contribution is 0.703. The minimum atomic E-state index is -0.540. The molecule has 1 aromatic heterocycles. The van der Waals surface area contributed by atoms with E-state index in [1.165, 1.54) is 0 Å². The fraction of sp³-hybridized carbons (Fsp3) is 0.0455. The molecule has 3 heteroatoms. The summed E-state index contributed by atoms with van der Waals surface area (Å²) in [6.45, 7) is 0. The fourth-order valence-electron chi connectivity index (χ4n) is 3.29. The van der Waals surface area contributed by atoms with Crippen molar-refractivity contribution in [3.8, 4) is 0 Å².